The summed E-state index contributed by atoms with van der Waals surface area (Å²) in [6, 6.07) is 21.6. The molecular formula is C21H16F3NOS. The quantitative estimate of drug-likeness (QED) is 0.524. The second-order valence-electron chi connectivity index (χ2n) is 5.77. The molecule has 2 nitrogen and oxygen atoms in total. The zero-order chi connectivity index (χ0) is 19.3. The number of anilines is 1. The average molecular weight is 387 g/mol. The van der Waals surface area contributed by atoms with Gasteiger partial charge in [-0.15, -0.1) is 11.8 Å². The fourth-order valence-electron chi connectivity index (χ4n) is 2.54. The molecule has 0 unspecified atom stereocenters. The van der Waals surface area contributed by atoms with Crippen LogP contribution in [0.25, 0.3) is 0 Å². The Balaban J connectivity index is 1.80. The normalized spacial score (nSPS) is 11.2. The molecule has 0 fully saturated rings. The predicted molar refractivity (Wildman–Crippen MR) is 102 cm³/mol. The van der Waals surface area contributed by atoms with E-state index >= 15 is 0 Å². The van der Waals surface area contributed by atoms with Crippen molar-refractivity contribution in [3.8, 4) is 0 Å². The van der Waals surface area contributed by atoms with Crippen LogP contribution in [0.1, 0.15) is 21.5 Å². The Hall–Kier alpha value is -2.73. The van der Waals surface area contributed by atoms with Crippen LogP contribution in [0.4, 0.5) is 18.9 Å². The molecule has 1 amide bonds. The molecule has 138 valence electrons. The van der Waals surface area contributed by atoms with Crippen LogP contribution in [0, 0.1) is 0 Å². The molecule has 0 aliphatic carbocycles. The lowest BCUT2D eigenvalue weighted by atomic mass is 10.1. The van der Waals surface area contributed by atoms with Gasteiger partial charge < -0.3 is 5.32 Å². The summed E-state index contributed by atoms with van der Waals surface area (Å²) in [5.74, 6) is 0.0902. The molecule has 3 rings (SSSR count). The number of para-hydroxylation sites is 1. The van der Waals surface area contributed by atoms with Gasteiger partial charge in [-0.3, -0.25) is 4.79 Å². The summed E-state index contributed by atoms with van der Waals surface area (Å²) >= 11 is 1.47. The highest BCUT2D eigenvalue weighted by molar-refractivity contribution is 7.98. The standard InChI is InChI=1S/C21H16F3NOS/c22-21(23,24)17-11-5-6-12-18(17)25-20(26)16-10-4-7-13-19(16)27-14-15-8-2-1-3-9-15/h1-13H,14H2,(H,25,26). The van der Waals surface area contributed by atoms with Crippen molar-refractivity contribution in [1.82, 2.24) is 0 Å². The molecule has 0 aliphatic heterocycles. The monoisotopic (exact) mass is 387 g/mol. The van der Waals surface area contributed by atoms with Crippen molar-refractivity contribution < 1.29 is 18.0 Å². The van der Waals surface area contributed by atoms with Crippen molar-refractivity contribution in [3.05, 3.63) is 95.6 Å². The van der Waals surface area contributed by atoms with Crippen LogP contribution in [-0.4, -0.2) is 5.91 Å². The third kappa shape index (κ3) is 4.92. The first-order chi connectivity index (χ1) is 12.9. The zero-order valence-electron chi connectivity index (χ0n) is 14.2. The Bertz CT molecular complexity index is 926. The van der Waals surface area contributed by atoms with Gasteiger partial charge >= 0.3 is 6.18 Å². The Labute approximate surface area is 159 Å². The van der Waals surface area contributed by atoms with Gasteiger partial charge in [-0.05, 0) is 29.8 Å². The molecule has 0 heterocycles. The molecule has 3 aromatic carbocycles. The third-order valence-electron chi connectivity index (χ3n) is 3.85. The van der Waals surface area contributed by atoms with E-state index in [0.29, 0.717) is 16.2 Å². The number of rotatable bonds is 5. The van der Waals surface area contributed by atoms with Crippen LogP contribution in [0.2, 0.25) is 0 Å². The number of nitrogens with one attached hydrogen (secondary N) is 1. The number of alkyl halides is 3. The van der Waals surface area contributed by atoms with Gasteiger partial charge in [-0.1, -0.05) is 54.6 Å². The average Bonchev–Trinajstić information content (AvgIpc) is 2.67. The summed E-state index contributed by atoms with van der Waals surface area (Å²) in [5, 5.41) is 2.40. The zero-order valence-corrected chi connectivity index (χ0v) is 15.0. The van der Waals surface area contributed by atoms with Crippen LogP contribution < -0.4 is 5.32 Å². The largest absolute Gasteiger partial charge is 0.418 e. The molecule has 27 heavy (non-hydrogen) atoms. The van der Waals surface area contributed by atoms with Crippen molar-refractivity contribution in [3.63, 3.8) is 0 Å². The van der Waals surface area contributed by atoms with Gasteiger partial charge in [0.05, 0.1) is 16.8 Å². The summed E-state index contributed by atoms with van der Waals surface area (Å²) in [6.45, 7) is 0. The topological polar surface area (TPSA) is 29.1 Å². The number of halogens is 3. The summed E-state index contributed by atoms with van der Waals surface area (Å²) in [7, 11) is 0. The molecular weight excluding hydrogens is 371 g/mol. The van der Waals surface area contributed by atoms with E-state index in [-0.39, 0.29) is 5.69 Å². The Morgan fingerprint density at radius 2 is 1.48 bits per heavy atom. The maximum atomic E-state index is 13.1. The minimum absolute atomic E-state index is 0.252. The molecule has 0 radical (unpaired) electrons. The maximum Gasteiger partial charge on any atom is 0.418 e. The van der Waals surface area contributed by atoms with Gasteiger partial charge in [0.25, 0.3) is 5.91 Å². The van der Waals surface area contributed by atoms with Gasteiger partial charge in [0.2, 0.25) is 0 Å². The Morgan fingerprint density at radius 3 is 2.22 bits per heavy atom. The van der Waals surface area contributed by atoms with E-state index < -0.39 is 17.6 Å². The minimum Gasteiger partial charge on any atom is -0.321 e. The molecule has 6 heteroatoms. The molecule has 0 spiro atoms. The van der Waals surface area contributed by atoms with E-state index in [0.717, 1.165) is 11.6 Å². The second kappa shape index (κ2) is 8.31. The predicted octanol–water partition coefficient (Wildman–Crippen LogP) is 6.25. The Morgan fingerprint density at radius 1 is 0.852 bits per heavy atom. The lowest BCUT2D eigenvalue weighted by Crippen LogP contribution is -2.17. The van der Waals surface area contributed by atoms with E-state index in [1.165, 1.54) is 30.0 Å². The number of carbonyl (C=O) groups is 1. The number of amides is 1. The molecule has 0 saturated heterocycles. The van der Waals surface area contributed by atoms with Gasteiger partial charge in [-0.2, -0.15) is 13.2 Å². The van der Waals surface area contributed by atoms with Gasteiger partial charge in [0.1, 0.15) is 0 Å². The first kappa shape index (κ1) is 19.0. The number of hydrogen-bond acceptors (Lipinski definition) is 2. The van der Waals surface area contributed by atoms with Gasteiger partial charge in [-0.25, -0.2) is 0 Å². The first-order valence-electron chi connectivity index (χ1n) is 8.18. The second-order valence-corrected chi connectivity index (χ2v) is 6.79. The van der Waals surface area contributed by atoms with E-state index in [2.05, 4.69) is 5.32 Å². The summed E-state index contributed by atoms with van der Waals surface area (Å²) in [4.78, 5) is 13.3. The van der Waals surface area contributed by atoms with Crippen molar-refractivity contribution in [2.45, 2.75) is 16.8 Å². The van der Waals surface area contributed by atoms with Crippen LogP contribution in [-0.2, 0) is 11.9 Å². The van der Waals surface area contributed by atoms with Crippen LogP contribution in [0.15, 0.2) is 83.8 Å². The fraction of sp³-hybridized carbons (Fsp3) is 0.0952. The van der Waals surface area contributed by atoms with Crippen molar-refractivity contribution in [2.75, 3.05) is 5.32 Å². The highest BCUT2D eigenvalue weighted by atomic mass is 32.2. The van der Waals surface area contributed by atoms with Crippen molar-refractivity contribution in [2.24, 2.45) is 0 Å². The highest BCUT2D eigenvalue weighted by Crippen LogP contribution is 2.35. The lowest BCUT2D eigenvalue weighted by molar-refractivity contribution is -0.136. The molecule has 0 atom stereocenters. The SMILES string of the molecule is O=C(Nc1ccccc1C(F)(F)F)c1ccccc1SCc1ccccc1. The maximum absolute atomic E-state index is 13.1. The molecule has 0 saturated carbocycles. The van der Waals surface area contributed by atoms with Crippen molar-refractivity contribution in [1.29, 1.82) is 0 Å². The third-order valence-corrected chi connectivity index (χ3v) is 4.99. The smallest absolute Gasteiger partial charge is 0.321 e. The molecule has 0 aromatic heterocycles. The molecule has 1 N–H and O–H groups in total. The van der Waals surface area contributed by atoms with Crippen LogP contribution >= 0.6 is 11.8 Å². The first-order valence-corrected chi connectivity index (χ1v) is 9.17. The molecule has 0 bridgehead atoms. The lowest BCUT2D eigenvalue weighted by Gasteiger charge is -2.14. The number of carbonyl (C=O) groups excluding carboxylic acids is 1. The van der Waals surface area contributed by atoms with E-state index in [1.54, 1.807) is 24.3 Å². The van der Waals surface area contributed by atoms with E-state index in [9.17, 15) is 18.0 Å². The van der Waals surface area contributed by atoms with E-state index in [1.807, 2.05) is 30.3 Å². The number of thioether (sulfide) groups is 1. The number of benzene rings is 3. The summed E-state index contributed by atoms with van der Waals surface area (Å²) < 4.78 is 39.4. The molecule has 3 aromatic rings. The van der Waals surface area contributed by atoms with Crippen molar-refractivity contribution >= 4 is 23.4 Å². The Kier molecular flexibility index (Phi) is 5.86. The highest BCUT2D eigenvalue weighted by Gasteiger charge is 2.33. The van der Waals surface area contributed by atoms with Crippen LogP contribution in [0.3, 0.4) is 0 Å². The molecule has 0 aliphatic rings. The fourth-order valence-corrected chi connectivity index (χ4v) is 3.55. The minimum atomic E-state index is -4.54. The van der Waals surface area contributed by atoms with Gasteiger partial charge in [0, 0.05) is 10.6 Å². The van der Waals surface area contributed by atoms with Gasteiger partial charge in [0.15, 0.2) is 0 Å². The summed E-state index contributed by atoms with van der Waals surface area (Å²) in [6.07, 6.45) is -4.54. The number of hydrogen-bond donors (Lipinski definition) is 1. The van der Waals surface area contributed by atoms with E-state index in [4.69, 9.17) is 0 Å². The summed E-state index contributed by atoms with van der Waals surface area (Å²) in [5.41, 5.74) is 0.321. The van der Waals surface area contributed by atoms with Crippen LogP contribution in [0.5, 0.6) is 0 Å².